The number of rotatable bonds is 3. The first-order valence-corrected chi connectivity index (χ1v) is 10.2. The van der Waals surface area contributed by atoms with Crippen LogP contribution in [-0.4, -0.2) is 55.9 Å². The van der Waals surface area contributed by atoms with Crippen molar-refractivity contribution in [2.24, 2.45) is 7.05 Å². The van der Waals surface area contributed by atoms with Crippen molar-refractivity contribution in [2.45, 2.75) is 6.42 Å². The Morgan fingerprint density at radius 3 is 2.63 bits per heavy atom. The number of imidazole rings is 1. The largest absolute Gasteiger partial charge is 0.352 e. The molecular formula is C22H22N8. The van der Waals surface area contributed by atoms with E-state index in [2.05, 4.69) is 48.2 Å². The molecule has 30 heavy (non-hydrogen) atoms. The maximum absolute atomic E-state index is 4.75. The molecule has 8 nitrogen and oxygen atoms in total. The van der Waals surface area contributed by atoms with Gasteiger partial charge in [-0.1, -0.05) is 12.1 Å². The van der Waals surface area contributed by atoms with Crippen LogP contribution in [0.25, 0.3) is 22.7 Å². The number of nitrogens with zero attached hydrogens (tertiary/aromatic N) is 7. The number of aromatic amines is 1. The molecule has 0 saturated carbocycles. The number of benzene rings is 1. The zero-order valence-electron chi connectivity index (χ0n) is 16.8. The molecule has 0 unspecified atom stereocenters. The standard InChI is InChI=1S/C22H22N8/c1-28-13-16(12-25-28)15-10-17-20(11-15)23-14-24-21(17)29-6-8-30(9-7-29)22-26-18-4-2-3-5-19(18)27-22/h2-5,10,12-14H,6-9,11H2,1H3,(H,26,27). The summed E-state index contributed by atoms with van der Waals surface area (Å²) in [6.45, 7) is 3.60. The number of aryl methyl sites for hydroxylation is 1. The number of piperazine rings is 1. The Labute approximate surface area is 173 Å². The van der Waals surface area contributed by atoms with E-state index in [9.17, 15) is 0 Å². The average molecular weight is 398 g/mol. The molecule has 150 valence electrons. The van der Waals surface area contributed by atoms with Crippen LogP contribution in [0, 0.1) is 0 Å². The summed E-state index contributed by atoms with van der Waals surface area (Å²) in [6, 6.07) is 8.17. The molecule has 1 fully saturated rings. The van der Waals surface area contributed by atoms with Gasteiger partial charge in [0.2, 0.25) is 5.95 Å². The van der Waals surface area contributed by atoms with Gasteiger partial charge in [-0.25, -0.2) is 15.0 Å². The van der Waals surface area contributed by atoms with Crippen molar-refractivity contribution in [1.82, 2.24) is 29.7 Å². The van der Waals surface area contributed by atoms with Crippen molar-refractivity contribution in [3.8, 4) is 0 Å². The molecule has 3 aromatic heterocycles. The molecule has 0 amide bonds. The van der Waals surface area contributed by atoms with E-state index in [1.807, 2.05) is 36.1 Å². The number of H-pyrrole nitrogens is 1. The summed E-state index contributed by atoms with van der Waals surface area (Å²) in [5.74, 6) is 1.98. The predicted octanol–water partition coefficient (Wildman–Crippen LogP) is 2.51. The number of allylic oxidation sites excluding steroid dienone is 1. The van der Waals surface area contributed by atoms with Crippen molar-refractivity contribution in [3.63, 3.8) is 0 Å². The Bertz CT molecular complexity index is 1230. The molecule has 4 heterocycles. The second kappa shape index (κ2) is 6.69. The van der Waals surface area contributed by atoms with Crippen LogP contribution in [-0.2, 0) is 13.5 Å². The first-order valence-electron chi connectivity index (χ1n) is 10.2. The monoisotopic (exact) mass is 398 g/mol. The van der Waals surface area contributed by atoms with E-state index in [4.69, 9.17) is 4.98 Å². The molecule has 1 aromatic carbocycles. The Morgan fingerprint density at radius 1 is 1.00 bits per heavy atom. The molecule has 2 aliphatic rings. The maximum atomic E-state index is 4.75. The van der Waals surface area contributed by atoms with Crippen LogP contribution in [0.3, 0.4) is 0 Å². The van der Waals surface area contributed by atoms with Gasteiger partial charge in [0.05, 0.1) is 22.9 Å². The zero-order valence-corrected chi connectivity index (χ0v) is 16.8. The fourth-order valence-electron chi connectivity index (χ4n) is 4.36. The summed E-state index contributed by atoms with van der Waals surface area (Å²) in [7, 11) is 1.94. The zero-order chi connectivity index (χ0) is 20.1. The number of hydrogen-bond acceptors (Lipinski definition) is 6. The third kappa shape index (κ3) is 2.83. The highest BCUT2D eigenvalue weighted by Gasteiger charge is 2.26. The quantitative estimate of drug-likeness (QED) is 0.571. The summed E-state index contributed by atoms with van der Waals surface area (Å²) < 4.78 is 1.84. The van der Waals surface area contributed by atoms with Gasteiger partial charge < -0.3 is 14.8 Å². The van der Waals surface area contributed by atoms with Gasteiger partial charge in [0, 0.05) is 57.0 Å². The second-order valence-electron chi connectivity index (χ2n) is 7.86. The Balaban J connectivity index is 1.23. The number of hydrogen-bond donors (Lipinski definition) is 1. The lowest BCUT2D eigenvalue weighted by Crippen LogP contribution is -2.47. The van der Waals surface area contributed by atoms with Gasteiger partial charge >= 0.3 is 0 Å². The number of aromatic nitrogens is 6. The highest BCUT2D eigenvalue weighted by Crippen LogP contribution is 2.35. The van der Waals surface area contributed by atoms with Crippen LogP contribution < -0.4 is 9.80 Å². The molecule has 8 heteroatoms. The van der Waals surface area contributed by atoms with Crippen molar-refractivity contribution >= 4 is 34.4 Å². The predicted molar refractivity (Wildman–Crippen MR) is 117 cm³/mol. The van der Waals surface area contributed by atoms with Crippen molar-refractivity contribution in [2.75, 3.05) is 36.0 Å². The van der Waals surface area contributed by atoms with Crippen LogP contribution in [0.1, 0.15) is 16.8 Å². The van der Waals surface area contributed by atoms with Gasteiger partial charge in [0.15, 0.2) is 0 Å². The lowest BCUT2D eigenvalue weighted by atomic mass is 10.1. The summed E-state index contributed by atoms with van der Waals surface area (Å²) in [6.07, 6.45) is 8.72. The van der Waals surface area contributed by atoms with E-state index in [-0.39, 0.29) is 0 Å². The fourth-order valence-corrected chi connectivity index (χ4v) is 4.36. The highest BCUT2D eigenvalue weighted by atomic mass is 15.3. The smallest absolute Gasteiger partial charge is 0.203 e. The van der Waals surface area contributed by atoms with Gasteiger partial charge in [-0.3, -0.25) is 4.68 Å². The fraction of sp³-hybridized carbons (Fsp3) is 0.273. The third-order valence-corrected chi connectivity index (χ3v) is 5.95. The van der Waals surface area contributed by atoms with Crippen molar-refractivity contribution in [3.05, 3.63) is 59.8 Å². The SMILES string of the molecule is Cn1cc(C2=Cc3c(ncnc3N3CCN(c4nc5ccccc5[nH]4)CC3)C2)cn1. The van der Waals surface area contributed by atoms with Gasteiger partial charge in [-0.05, 0) is 23.8 Å². The van der Waals surface area contributed by atoms with Crippen LogP contribution in [0.2, 0.25) is 0 Å². The lowest BCUT2D eigenvalue weighted by molar-refractivity contribution is 0.636. The molecule has 1 N–H and O–H groups in total. The highest BCUT2D eigenvalue weighted by molar-refractivity contribution is 5.90. The minimum atomic E-state index is 0.829. The normalized spacial score (nSPS) is 16.2. The summed E-state index contributed by atoms with van der Waals surface area (Å²) in [4.78, 5) is 22.1. The number of fused-ring (bicyclic) bond motifs is 2. The molecule has 1 aliphatic heterocycles. The molecular weight excluding hydrogens is 376 g/mol. The number of anilines is 2. The molecule has 0 bridgehead atoms. The average Bonchev–Trinajstić information content (AvgIpc) is 3.50. The first kappa shape index (κ1) is 17.2. The number of para-hydroxylation sites is 2. The molecule has 1 aliphatic carbocycles. The van der Waals surface area contributed by atoms with E-state index < -0.39 is 0 Å². The van der Waals surface area contributed by atoms with Crippen molar-refractivity contribution in [1.29, 1.82) is 0 Å². The van der Waals surface area contributed by atoms with E-state index >= 15 is 0 Å². The van der Waals surface area contributed by atoms with Crippen LogP contribution in [0.5, 0.6) is 0 Å². The third-order valence-electron chi connectivity index (χ3n) is 5.95. The Kier molecular flexibility index (Phi) is 3.83. The topological polar surface area (TPSA) is 78.8 Å². The van der Waals surface area contributed by atoms with E-state index in [0.29, 0.717) is 0 Å². The molecule has 0 radical (unpaired) electrons. The summed E-state index contributed by atoms with van der Waals surface area (Å²) >= 11 is 0. The molecule has 0 spiro atoms. The van der Waals surface area contributed by atoms with Gasteiger partial charge in [-0.2, -0.15) is 5.10 Å². The van der Waals surface area contributed by atoms with E-state index in [1.54, 1.807) is 6.33 Å². The minimum absolute atomic E-state index is 0.829. The van der Waals surface area contributed by atoms with E-state index in [0.717, 1.165) is 72.2 Å². The molecule has 6 rings (SSSR count). The number of nitrogens with one attached hydrogen (secondary N) is 1. The second-order valence-corrected chi connectivity index (χ2v) is 7.86. The van der Waals surface area contributed by atoms with Gasteiger partial charge in [0.1, 0.15) is 12.1 Å². The van der Waals surface area contributed by atoms with Gasteiger partial charge in [0.25, 0.3) is 0 Å². The van der Waals surface area contributed by atoms with Crippen LogP contribution in [0.15, 0.2) is 43.0 Å². The molecule has 1 saturated heterocycles. The summed E-state index contributed by atoms with van der Waals surface area (Å²) in [5.41, 5.74) is 6.73. The minimum Gasteiger partial charge on any atom is -0.352 e. The van der Waals surface area contributed by atoms with Crippen LogP contribution >= 0.6 is 0 Å². The van der Waals surface area contributed by atoms with Gasteiger partial charge in [-0.15, -0.1) is 0 Å². The van der Waals surface area contributed by atoms with Crippen LogP contribution in [0.4, 0.5) is 11.8 Å². The Morgan fingerprint density at radius 2 is 1.83 bits per heavy atom. The van der Waals surface area contributed by atoms with E-state index in [1.165, 1.54) is 5.57 Å². The maximum Gasteiger partial charge on any atom is 0.203 e. The molecule has 0 atom stereocenters. The first-order chi connectivity index (χ1) is 14.7. The summed E-state index contributed by atoms with van der Waals surface area (Å²) in [5, 5.41) is 4.30. The lowest BCUT2D eigenvalue weighted by Gasteiger charge is -2.35. The molecule has 4 aromatic rings. The van der Waals surface area contributed by atoms with Crippen molar-refractivity contribution < 1.29 is 0 Å². The Hall–Kier alpha value is -3.68.